The molecule has 0 saturated heterocycles. The van der Waals surface area contributed by atoms with Crippen molar-refractivity contribution in [2.75, 3.05) is 5.32 Å². The molecule has 0 fully saturated rings. The number of benzene rings is 1. The number of hydrogen-bond donors (Lipinski definition) is 5. The van der Waals surface area contributed by atoms with Crippen LogP contribution in [0.25, 0.3) is 11.0 Å². The minimum atomic E-state index is -1.19. The molecule has 1 aromatic heterocycles. The molecule has 0 aliphatic carbocycles. The molecule has 11 heteroatoms. The van der Waals surface area contributed by atoms with Gasteiger partial charge in [0.2, 0.25) is 17.7 Å². The van der Waals surface area contributed by atoms with E-state index in [1.54, 1.807) is 19.1 Å². The lowest BCUT2D eigenvalue weighted by molar-refractivity contribution is -0.137. The number of fused-ring (bicyclic) bond motifs is 1. The monoisotopic (exact) mass is 488 g/mol. The molecule has 11 nitrogen and oxygen atoms in total. The largest absolute Gasteiger partial charge is 0.481 e. The summed E-state index contributed by atoms with van der Waals surface area (Å²) >= 11 is 0. The van der Waals surface area contributed by atoms with E-state index in [1.807, 2.05) is 13.8 Å². The van der Waals surface area contributed by atoms with Crippen LogP contribution >= 0.6 is 0 Å². The number of hydrogen-bond acceptors (Lipinski definition) is 7. The van der Waals surface area contributed by atoms with Gasteiger partial charge in [0, 0.05) is 29.6 Å². The van der Waals surface area contributed by atoms with E-state index in [0.29, 0.717) is 23.1 Å². The highest BCUT2D eigenvalue weighted by Crippen LogP contribution is 2.21. The maximum atomic E-state index is 13.0. The second kappa shape index (κ2) is 12.1. The van der Waals surface area contributed by atoms with E-state index in [-0.39, 0.29) is 24.3 Å². The summed E-state index contributed by atoms with van der Waals surface area (Å²) in [5, 5.41) is 17.5. The van der Waals surface area contributed by atoms with E-state index in [1.165, 1.54) is 19.1 Å². The number of carbonyl (C=O) groups is 4. The van der Waals surface area contributed by atoms with Crippen LogP contribution in [0.4, 0.5) is 5.69 Å². The molecule has 3 amide bonds. The Kier molecular flexibility index (Phi) is 9.52. The van der Waals surface area contributed by atoms with Gasteiger partial charge in [-0.15, -0.1) is 0 Å². The highest BCUT2D eigenvalue weighted by molar-refractivity contribution is 6.00. The molecule has 6 N–H and O–H groups in total. The number of nitrogens with two attached hydrogens (primary N) is 1. The summed E-state index contributed by atoms with van der Waals surface area (Å²) in [4.78, 5) is 60.8. The molecule has 2 rings (SSSR count). The van der Waals surface area contributed by atoms with Gasteiger partial charge in [-0.2, -0.15) is 0 Å². The molecule has 0 radical (unpaired) electrons. The van der Waals surface area contributed by atoms with E-state index >= 15 is 0 Å². The highest BCUT2D eigenvalue weighted by atomic mass is 16.4. The van der Waals surface area contributed by atoms with Gasteiger partial charge in [-0.25, -0.2) is 4.79 Å². The first kappa shape index (κ1) is 27.5. The zero-order chi connectivity index (χ0) is 26.3. The molecule has 0 unspecified atom stereocenters. The second-order valence-electron chi connectivity index (χ2n) is 8.92. The molecule has 0 spiro atoms. The Bertz CT molecular complexity index is 1160. The van der Waals surface area contributed by atoms with Crippen LogP contribution in [0.3, 0.4) is 0 Å². The van der Waals surface area contributed by atoms with Gasteiger partial charge in [-0.1, -0.05) is 13.8 Å². The number of carbonyl (C=O) groups excluding carboxylic acids is 3. The summed E-state index contributed by atoms with van der Waals surface area (Å²) in [6.07, 6.45) is -0.254. The molecule has 1 aromatic carbocycles. The third-order valence-corrected chi connectivity index (χ3v) is 5.25. The molecule has 2 aromatic rings. The minimum Gasteiger partial charge on any atom is -0.481 e. The van der Waals surface area contributed by atoms with Crippen LogP contribution in [-0.4, -0.2) is 46.9 Å². The molecule has 190 valence electrons. The molecule has 35 heavy (non-hydrogen) atoms. The average molecular weight is 489 g/mol. The summed E-state index contributed by atoms with van der Waals surface area (Å²) < 4.78 is 5.19. The summed E-state index contributed by atoms with van der Waals surface area (Å²) in [5.41, 5.74) is 6.34. The number of anilines is 1. The van der Waals surface area contributed by atoms with Gasteiger partial charge >= 0.3 is 11.6 Å². The molecule has 0 bridgehead atoms. The van der Waals surface area contributed by atoms with Gasteiger partial charge in [0.15, 0.2) is 0 Å². The van der Waals surface area contributed by atoms with Crippen molar-refractivity contribution < 1.29 is 28.7 Å². The van der Waals surface area contributed by atoms with Crippen LogP contribution in [0.15, 0.2) is 33.5 Å². The van der Waals surface area contributed by atoms with Crippen molar-refractivity contribution in [1.82, 2.24) is 10.6 Å². The van der Waals surface area contributed by atoms with Crippen LogP contribution in [0, 0.1) is 12.8 Å². The van der Waals surface area contributed by atoms with Gasteiger partial charge < -0.3 is 31.2 Å². The molecule has 1 heterocycles. The molecule has 0 aliphatic rings. The van der Waals surface area contributed by atoms with Gasteiger partial charge in [0.1, 0.15) is 17.7 Å². The van der Waals surface area contributed by atoms with Gasteiger partial charge in [-0.05, 0) is 50.3 Å². The zero-order valence-electron chi connectivity index (χ0n) is 20.2. The topological polar surface area (TPSA) is 181 Å². The van der Waals surface area contributed by atoms with Crippen LogP contribution in [-0.2, 0) is 19.2 Å². The van der Waals surface area contributed by atoms with Crippen LogP contribution in [0.1, 0.15) is 45.6 Å². The van der Waals surface area contributed by atoms with Crippen molar-refractivity contribution >= 4 is 40.3 Å². The Morgan fingerprint density at radius 2 is 1.66 bits per heavy atom. The summed E-state index contributed by atoms with van der Waals surface area (Å²) in [6, 6.07) is 3.13. The van der Waals surface area contributed by atoms with Crippen molar-refractivity contribution in [3.8, 4) is 0 Å². The summed E-state index contributed by atoms with van der Waals surface area (Å²) in [6.45, 7) is 6.97. The van der Waals surface area contributed by atoms with Gasteiger partial charge in [0.25, 0.3) is 0 Å². The van der Waals surface area contributed by atoms with Gasteiger partial charge in [0.05, 0.1) is 6.04 Å². The first-order valence-electron chi connectivity index (χ1n) is 11.3. The van der Waals surface area contributed by atoms with E-state index < -0.39 is 47.4 Å². The molecule has 3 atom stereocenters. The Hall–Kier alpha value is -3.73. The number of nitrogens with one attached hydrogen (secondary N) is 3. The molecule has 0 saturated carbocycles. The summed E-state index contributed by atoms with van der Waals surface area (Å²) in [5.74, 6) is -2.90. The zero-order valence-corrected chi connectivity index (χ0v) is 20.2. The third-order valence-electron chi connectivity index (χ3n) is 5.25. The third kappa shape index (κ3) is 8.21. The maximum Gasteiger partial charge on any atom is 0.336 e. The lowest BCUT2D eigenvalue weighted by Gasteiger charge is -2.24. The van der Waals surface area contributed by atoms with Crippen LogP contribution < -0.4 is 27.3 Å². The maximum absolute atomic E-state index is 13.0. The van der Waals surface area contributed by atoms with E-state index in [9.17, 15) is 24.0 Å². The number of aryl methyl sites for hydroxylation is 1. The average Bonchev–Trinajstić information content (AvgIpc) is 2.74. The van der Waals surface area contributed by atoms with Crippen molar-refractivity contribution in [2.45, 2.75) is 65.1 Å². The highest BCUT2D eigenvalue weighted by Gasteiger charge is 2.28. The predicted octanol–water partition coefficient (Wildman–Crippen LogP) is 1.27. The first-order chi connectivity index (χ1) is 16.4. The van der Waals surface area contributed by atoms with Crippen molar-refractivity contribution in [3.05, 3.63) is 40.2 Å². The molecule has 0 aliphatic heterocycles. The number of aliphatic carboxylic acids is 1. The standard InChI is InChI=1S/C24H32N4O7/c1-12(2)9-18(28-22(32)14(4)25)24(34)27-17(7-8-20(29)30)23(33)26-15-5-6-16-13(3)10-21(31)35-19(16)11-15/h5-6,10-12,14,17-18H,7-9,25H2,1-4H3,(H,26,33)(H,27,34)(H,28,32)(H,29,30)/t14-,17+,18+/m1/s1. The summed E-state index contributed by atoms with van der Waals surface area (Å²) in [7, 11) is 0. The minimum absolute atomic E-state index is 0.0427. The predicted molar refractivity (Wildman–Crippen MR) is 130 cm³/mol. The first-order valence-corrected chi connectivity index (χ1v) is 11.3. The van der Waals surface area contributed by atoms with Gasteiger partial charge in [-0.3, -0.25) is 19.2 Å². The van der Waals surface area contributed by atoms with Crippen molar-refractivity contribution in [1.29, 1.82) is 0 Å². The van der Waals surface area contributed by atoms with Crippen molar-refractivity contribution in [3.63, 3.8) is 0 Å². The van der Waals surface area contributed by atoms with E-state index in [0.717, 1.165) is 0 Å². The number of rotatable bonds is 11. The van der Waals surface area contributed by atoms with E-state index in [2.05, 4.69) is 16.0 Å². The normalized spacial score (nSPS) is 13.7. The Balaban J connectivity index is 2.24. The Morgan fingerprint density at radius 3 is 2.26 bits per heavy atom. The second-order valence-corrected chi connectivity index (χ2v) is 8.92. The Morgan fingerprint density at radius 1 is 1.00 bits per heavy atom. The Labute approximate surface area is 202 Å². The smallest absolute Gasteiger partial charge is 0.336 e. The van der Waals surface area contributed by atoms with Crippen LogP contribution in [0.5, 0.6) is 0 Å². The van der Waals surface area contributed by atoms with Crippen molar-refractivity contribution in [2.24, 2.45) is 11.7 Å². The fourth-order valence-electron chi connectivity index (χ4n) is 3.45. The SMILES string of the molecule is Cc1cc(=O)oc2cc(NC(=O)[C@H](CCC(=O)O)NC(=O)[C@H](CC(C)C)NC(=O)[C@@H](C)N)ccc12. The molecular formula is C24H32N4O7. The van der Waals surface area contributed by atoms with E-state index in [4.69, 9.17) is 15.3 Å². The molecular weight excluding hydrogens is 456 g/mol. The lowest BCUT2D eigenvalue weighted by Crippen LogP contribution is -2.55. The number of carboxylic acids is 1. The lowest BCUT2D eigenvalue weighted by atomic mass is 10.0. The quantitative estimate of drug-likeness (QED) is 0.293. The fourth-order valence-corrected chi connectivity index (χ4v) is 3.45. The number of carboxylic acid groups (broad SMARTS) is 1. The fraction of sp³-hybridized carbons (Fsp3) is 0.458. The van der Waals surface area contributed by atoms with Crippen LogP contribution in [0.2, 0.25) is 0 Å². The number of amides is 3.